The Morgan fingerprint density at radius 1 is 0.950 bits per heavy atom. The minimum atomic E-state index is 0.546. The van der Waals surface area contributed by atoms with E-state index >= 15 is 0 Å². The average Bonchev–Trinajstić information content (AvgIpc) is 2.53. The fraction of sp³-hybridized carbons (Fsp3) is 0.222. The average molecular weight is 261 g/mol. The van der Waals surface area contributed by atoms with Crippen LogP contribution in [-0.2, 0) is 6.42 Å². The minimum Gasteiger partial charge on any atom is -0.145 e. The van der Waals surface area contributed by atoms with Gasteiger partial charge < -0.3 is 0 Å². The van der Waals surface area contributed by atoms with Gasteiger partial charge >= 0.3 is 0 Å². The Morgan fingerprint density at radius 2 is 1.90 bits per heavy atom. The number of hydrogen-bond donors (Lipinski definition) is 0. The number of hydrogen-bond acceptors (Lipinski definition) is 2. The van der Waals surface area contributed by atoms with Gasteiger partial charge in [-0.05, 0) is 59.0 Å². The number of fused-ring (bicyclic) bond motifs is 4. The van der Waals surface area contributed by atoms with Crippen molar-refractivity contribution >= 4 is 22.0 Å². The molecule has 0 atom stereocenters. The molecule has 0 aromatic heterocycles. The molecule has 0 heterocycles. The molecule has 0 radical (unpaired) electrons. The van der Waals surface area contributed by atoms with Crippen molar-refractivity contribution in [2.24, 2.45) is 5.18 Å². The first-order valence-corrected chi connectivity index (χ1v) is 7.15. The molecule has 2 nitrogen and oxygen atoms in total. The van der Waals surface area contributed by atoms with Gasteiger partial charge in [-0.3, -0.25) is 0 Å². The summed E-state index contributed by atoms with van der Waals surface area (Å²) in [5.74, 6) is 0. The minimum absolute atomic E-state index is 0.546. The summed E-state index contributed by atoms with van der Waals surface area (Å²) in [6.07, 6.45) is 9.11. The van der Waals surface area contributed by atoms with Crippen molar-refractivity contribution in [3.05, 3.63) is 64.1 Å². The van der Waals surface area contributed by atoms with Crippen LogP contribution in [0.25, 0.3) is 16.3 Å². The van der Waals surface area contributed by atoms with Gasteiger partial charge in [-0.2, -0.15) is 0 Å². The number of nitrogens with zero attached hydrogens (tertiary/aromatic N) is 1. The van der Waals surface area contributed by atoms with Gasteiger partial charge in [0, 0.05) is 5.39 Å². The Morgan fingerprint density at radius 3 is 2.80 bits per heavy atom. The molecule has 0 aliphatic heterocycles. The summed E-state index contributed by atoms with van der Waals surface area (Å²) < 4.78 is 0. The second-order valence-corrected chi connectivity index (χ2v) is 5.51. The van der Waals surface area contributed by atoms with Crippen LogP contribution in [0.4, 0.5) is 5.69 Å². The fourth-order valence-electron chi connectivity index (χ4n) is 3.53. The van der Waals surface area contributed by atoms with Crippen LogP contribution < -0.4 is 0 Å². The maximum atomic E-state index is 10.9. The van der Waals surface area contributed by atoms with E-state index in [1.807, 2.05) is 12.1 Å². The topological polar surface area (TPSA) is 29.4 Å². The lowest BCUT2D eigenvalue weighted by atomic mass is 9.79. The first-order valence-electron chi connectivity index (χ1n) is 7.15. The van der Waals surface area contributed by atoms with Gasteiger partial charge in [0.25, 0.3) is 0 Å². The molecular formula is C18H15NO. The number of allylic oxidation sites excluding steroid dienone is 4. The van der Waals surface area contributed by atoms with Crippen molar-refractivity contribution in [2.75, 3.05) is 0 Å². The SMILES string of the molecule is O=Nc1cccc2c3c(ccc12)C1=C(CCC=C1)CC3. The zero-order valence-electron chi connectivity index (χ0n) is 11.2. The van der Waals surface area contributed by atoms with Gasteiger partial charge in [0.2, 0.25) is 0 Å². The van der Waals surface area contributed by atoms with Gasteiger partial charge in [-0.1, -0.05) is 42.0 Å². The fourth-order valence-corrected chi connectivity index (χ4v) is 3.53. The third kappa shape index (κ3) is 1.58. The lowest BCUT2D eigenvalue weighted by Crippen LogP contribution is -2.06. The molecule has 20 heavy (non-hydrogen) atoms. The van der Waals surface area contributed by atoms with Crippen LogP contribution in [0.1, 0.15) is 30.4 Å². The van der Waals surface area contributed by atoms with Crippen molar-refractivity contribution in [1.82, 2.24) is 0 Å². The molecule has 4 rings (SSSR count). The highest BCUT2D eigenvalue weighted by Crippen LogP contribution is 2.41. The summed E-state index contributed by atoms with van der Waals surface area (Å²) in [4.78, 5) is 10.9. The van der Waals surface area contributed by atoms with E-state index in [2.05, 4.69) is 29.5 Å². The summed E-state index contributed by atoms with van der Waals surface area (Å²) in [5, 5.41) is 5.32. The molecule has 0 amide bonds. The lowest BCUT2D eigenvalue weighted by molar-refractivity contribution is 0.831. The van der Waals surface area contributed by atoms with Gasteiger partial charge in [0.1, 0.15) is 5.69 Å². The normalized spacial score (nSPS) is 17.0. The van der Waals surface area contributed by atoms with Crippen LogP contribution in [0, 0.1) is 4.91 Å². The second kappa shape index (κ2) is 4.41. The predicted molar refractivity (Wildman–Crippen MR) is 83.0 cm³/mol. The molecule has 2 aromatic carbocycles. The van der Waals surface area contributed by atoms with Gasteiger partial charge in [0.15, 0.2) is 0 Å². The zero-order chi connectivity index (χ0) is 13.5. The molecule has 98 valence electrons. The van der Waals surface area contributed by atoms with Crippen LogP contribution >= 0.6 is 0 Å². The summed E-state index contributed by atoms with van der Waals surface area (Å²) in [6.45, 7) is 0. The lowest BCUT2D eigenvalue weighted by Gasteiger charge is -2.25. The Kier molecular flexibility index (Phi) is 2.56. The molecule has 0 N–H and O–H groups in total. The molecule has 2 aliphatic carbocycles. The molecule has 0 fully saturated rings. The third-order valence-corrected chi connectivity index (χ3v) is 4.49. The van der Waals surface area contributed by atoms with Crippen molar-refractivity contribution in [3.8, 4) is 0 Å². The van der Waals surface area contributed by atoms with Crippen molar-refractivity contribution in [3.63, 3.8) is 0 Å². The van der Waals surface area contributed by atoms with Crippen molar-refractivity contribution in [1.29, 1.82) is 0 Å². The molecule has 0 saturated heterocycles. The molecule has 0 saturated carbocycles. The molecule has 0 bridgehead atoms. The van der Waals surface area contributed by atoms with E-state index in [-0.39, 0.29) is 0 Å². The van der Waals surface area contributed by atoms with Crippen LogP contribution in [0.15, 0.2) is 53.2 Å². The van der Waals surface area contributed by atoms with Gasteiger partial charge in [0.05, 0.1) is 0 Å². The van der Waals surface area contributed by atoms with Crippen LogP contribution in [0.2, 0.25) is 0 Å². The number of nitroso groups, excluding NO2 is 1. The summed E-state index contributed by atoms with van der Waals surface area (Å²) >= 11 is 0. The van der Waals surface area contributed by atoms with E-state index in [0.29, 0.717) is 5.69 Å². The second-order valence-electron chi connectivity index (χ2n) is 5.51. The standard InChI is InChI=1S/C18H15NO/c20-19-18-7-3-6-14-16-9-8-12-4-1-2-5-13(12)15(16)10-11-17(14)18/h2-3,5-7,10-11H,1,4,8-9H2. The Labute approximate surface area is 117 Å². The van der Waals surface area contributed by atoms with Crippen LogP contribution in [0.5, 0.6) is 0 Å². The van der Waals surface area contributed by atoms with Crippen LogP contribution in [-0.4, -0.2) is 0 Å². The van der Waals surface area contributed by atoms with E-state index in [1.165, 1.54) is 34.9 Å². The first-order chi connectivity index (χ1) is 9.88. The highest BCUT2D eigenvalue weighted by atomic mass is 16.3. The maximum Gasteiger partial charge on any atom is 0.115 e. The summed E-state index contributed by atoms with van der Waals surface area (Å²) in [6, 6.07) is 10.0. The van der Waals surface area contributed by atoms with Gasteiger partial charge in [-0.15, -0.1) is 4.91 Å². The molecule has 0 spiro atoms. The van der Waals surface area contributed by atoms with Gasteiger partial charge in [-0.25, -0.2) is 0 Å². The number of rotatable bonds is 1. The van der Waals surface area contributed by atoms with E-state index < -0.39 is 0 Å². The third-order valence-electron chi connectivity index (χ3n) is 4.49. The molecule has 2 aromatic rings. The van der Waals surface area contributed by atoms with Crippen molar-refractivity contribution < 1.29 is 0 Å². The highest BCUT2D eigenvalue weighted by molar-refractivity contribution is 5.99. The Bertz CT molecular complexity index is 783. The largest absolute Gasteiger partial charge is 0.145 e. The number of aryl methyl sites for hydroxylation is 1. The predicted octanol–water partition coefficient (Wildman–Crippen LogP) is 5.29. The highest BCUT2D eigenvalue weighted by Gasteiger charge is 2.21. The Balaban J connectivity index is 2.03. The quantitative estimate of drug-likeness (QED) is 0.641. The van der Waals surface area contributed by atoms with E-state index in [0.717, 1.165) is 18.2 Å². The molecular weight excluding hydrogens is 246 g/mol. The first kappa shape index (κ1) is 11.6. The monoisotopic (exact) mass is 261 g/mol. The molecule has 2 heteroatoms. The molecule has 2 aliphatic rings. The van der Waals surface area contributed by atoms with E-state index in [1.54, 1.807) is 11.6 Å². The zero-order valence-corrected chi connectivity index (χ0v) is 11.2. The summed E-state index contributed by atoms with van der Waals surface area (Å²) in [7, 11) is 0. The van der Waals surface area contributed by atoms with Crippen LogP contribution in [0.3, 0.4) is 0 Å². The Hall–Kier alpha value is -2.22. The smallest absolute Gasteiger partial charge is 0.115 e. The molecule has 0 unspecified atom stereocenters. The van der Waals surface area contributed by atoms with E-state index in [9.17, 15) is 4.91 Å². The number of benzene rings is 2. The maximum absolute atomic E-state index is 10.9. The van der Waals surface area contributed by atoms with E-state index in [4.69, 9.17) is 0 Å². The van der Waals surface area contributed by atoms with Crippen molar-refractivity contribution in [2.45, 2.75) is 25.7 Å². The summed E-state index contributed by atoms with van der Waals surface area (Å²) in [5.41, 5.74) is 6.26.